The quantitative estimate of drug-likeness (QED) is 0.697. The highest BCUT2D eigenvalue weighted by Gasteiger charge is 2.27. The van der Waals surface area contributed by atoms with Crippen molar-refractivity contribution in [2.45, 2.75) is 59.7 Å². The summed E-state index contributed by atoms with van der Waals surface area (Å²) in [6.45, 7) is 9.95. The lowest BCUT2D eigenvalue weighted by molar-refractivity contribution is -0.142. The van der Waals surface area contributed by atoms with Gasteiger partial charge in [0.15, 0.2) is 6.61 Å². The highest BCUT2D eigenvalue weighted by Crippen LogP contribution is 2.21. The topological polar surface area (TPSA) is 58.6 Å². The van der Waals surface area contributed by atoms with Crippen LogP contribution in [0.3, 0.4) is 0 Å². The van der Waals surface area contributed by atoms with Gasteiger partial charge in [-0.1, -0.05) is 49.4 Å². The molecule has 0 saturated heterocycles. The normalized spacial score (nSPS) is 12.7. The fourth-order valence-corrected chi connectivity index (χ4v) is 2.93. The summed E-state index contributed by atoms with van der Waals surface area (Å²) in [5.74, 6) is 0.312. The first-order valence-electron chi connectivity index (χ1n) is 10.2. The maximum absolute atomic E-state index is 13.0. The van der Waals surface area contributed by atoms with Crippen molar-refractivity contribution >= 4 is 11.8 Å². The summed E-state index contributed by atoms with van der Waals surface area (Å²) in [6, 6.07) is 14.9. The fraction of sp³-hybridized carbons (Fsp3) is 0.417. The zero-order valence-corrected chi connectivity index (χ0v) is 18.1. The van der Waals surface area contributed by atoms with Gasteiger partial charge in [0.2, 0.25) is 5.91 Å². The summed E-state index contributed by atoms with van der Waals surface area (Å²) in [5.41, 5.74) is 3.09. The molecule has 2 aromatic rings. The average Bonchev–Trinajstić information content (AvgIpc) is 2.72. The third-order valence-corrected chi connectivity index (χ3v) is 5.27. The van der Waals surface area contributed by atoms with Gasteiger partial charge in [-0.05, 0) is 56.9 Å². The molecule has 0 aliphatic rings. The molecule has 2 amide bonds. The maximum atomic E-state index is 13.0. The zero-order valence-electron chi connectivity index (χ0n) is 18.1. The van der Waals surface area contributed by atoms with E-state index in [9.17, 15) is 9.59 Å². The van der Waals surface area contributed by atoms with E-state index in [4.69, 9.17) is 4.74 Å². The number of carbonyl (C=O) groups excluding carboxylic acids is 2. The Kier molecular flexibility index (Phi) is 8.25. The van der Waals surface area contributed by atoms with Gasteiger partial charge in [-0.15, -0.1) is 0 Å². The van der Waals surface area contributed by atoms with Crippen LogP contribution in [0.15, 0.2) is 48.5 Å². The van der Waals surface area contributed by atoms with Gasteiger partial charge in [-0.25, -0.2) is 0 Å². The first kappa shape index (κ1) is 22.5. The monoisotopic (exact) mass is 396 g/mol. The van der Waals surface area contributed by atoms with Gasteiger partial charge in [0.25, 0.3) is 5.91 Å². The van der Waals surface area contributed by atoms with Crippen molar-refractivity contribution in [3.05, 3.63) is 65.2 Å². The molecule has 5 nitrogen and oxygen atoms in total. The predicted molar refractivity (Wildman–Crippen MR) is 116 cm³/mol. The summed E-state index contributed by atoms with van der Waals surface area (Å²) < 4.78 is 5.81. The van der Waals surface area contributed by atoms with Gasteiger partial charge in [0.05, 0.1) is 0 Å². The summed E-state index contributed by atoms with van der Waals surface area (Å²) in [7, 11) is 0. The molecular formula is C24H32N2O3. The minimum absolute atomic E-state index is 0.0600. The number of amides is 2. The van der Waals surface area contributed by atoms with Crippen LogP contribution in [-0.2, 0) is 16.1 Å². The van der Waals surface area contributed by atoms with E-state index in [-0.39, 0.29) is 24.5 Å². The van der Waals surface area contributed by atoms with Gasteiger partial charge in [-0.3, -0.25) is 9.59 Å². The van der Waals surface area contributed by atoms with Crippen LogP contribution in [0, 0.1) is 13.8 Å². The number of benzene rings is 2. The zero-order chi connectivity index (χ0) is 21.4. The number of hydrogen-bond donors (Lipinski definition) is 1. The molecule has 156 valence electrons. The van der Waals surface area contributed by atoms with Crippen LogP contribution in [0.2, 0.25) is 0 Å². The molecule has 0 unspecified atom stereocenters. The lowest BCUT2D eigenvalue weighted by Gasteiger charge is -2.29. The molecule has 0 fully saturated rings. The Morgan fingerprint density at radius 1 is 1.03 bits per heavy atom. The fourth-order valence-electron chi connectivity index (χ4n) is 2.93. The number of aryl methyl sites for hydroxylation is 1. The van der Waals surface area contributed by atoms with E-state index >= 15 is 0 Å². The smallest absolute Gasteiger partial charge is 0.261 e. The SMILES string of the molecule is CC[C@@H](C)NC(=O)[C@H](C)N(Cc1ccccc1)C(=O)COc1cccc(C)c1C. The van der Waals surface area contributed by atoms with Crippen LogP contribution in [0.5, 0.6) is 5.75 Å². The second-order valence-electron chi connectivity index (χ2n) is 7.49. The highest BCUT2D eigenvalue weighted by molar-refractivity contribution is 5.88. The van der Waals surface area contributed by atoms with Gasteiger partial charge >= 0.3 is 0 Å². The Labute approximate surface area is 174 Å². The van der Waals surface area contributed by atoms with E-state index in [1.54, 1.807) is 11.8 Å². The standard InChI is InChI=1S/C24H32N2O3/c1-6-18(3)25-24(28)20(5)26(15-21-12-8-7-9-13-21)23(27)16-29-22-14-10-11-17(2)19(22)4/h7-14,18,20H,6,15-16H2,1-5H3,(H,25,28)/t18-,20+/m1/s1. The highest BCUT2D eigenvalue weighted by atomic mass is 16.5. The number of rotatable bonds is 9. The molecular weight excluding hydrogens is 364 g/mol. The second-order valence-corrected chi connectivity index (χ2v) is 7.49. The van der Waals surface area contributed by atoms with E-state index in [2.05, 4.69) is 5.32 Å². The van der Waals surface area contributed by atoms with E-state index in [1.807, 2.05) is 76.2 Å². The first-order valence-corrected chi connectivity index (χ1v) is 10.2. The van der Waals surface area contributed by atoms with Crippen molar-refractivity contribution in [3.63, 3.8) is 0 Å². The van der Waals surface area contributed by atoms with Crippen LogP contribution in [0.4, 0.5) is 0 Å². The number of hydrogen-bond acceptors (Lipinski definition) is 3. The molecule has 2 aromatic carbocycles. The molecule has 29 heavy (non-hydrogen) atoms. The molecule has 0 aromatic heterocycles. The van der Waals surface area contributed by atoms with E-state index in [0.29, 0.717) is 12.3 Å². The molecule has 0 bridgehead atoms. The van der Waals surface area contributed by atoms with E-state index in [0.717, 1.165) is 23.1 Å². The molecule has 0 spiro atoms. The van der Waals surface area contributed by atoms with Crippen molar-refractivity contribution < 1.29 is 14.3 Å². The van der Waals surface area contributed by atoms with Crippen LogP contribution in [0.25, 0.3) is 0 Å². The molecule has 2 atom stereocenters. The molecule has 0 heterocycles. The molecule has 5 heteroatoms. The number of nitrogens with zero attached hydrogens (tertiary/aromatic N) is 1. The van der Waals surface area contributed by atoms with Crippen molar-refractivity contribution in [2.24, 2.45) is 0 Å². The Morgan fingerprint density at radius 3 is 2.38 bits per heavy atom. The molecule has 0 radical (unpaired) electrons. The summed E-state index contributed by atoms with van der Waals surface area (Å²) >= 11 is 0. The largest absolute Gasteiger partial charge is 0.483 e. The molecule has 0 aliphatic carbocycles. The van der Waals surface area contributed by atoms with Gasteiger partial charge in [0.1, 0.15) is 11.8 Å². The molecule has 1 N–H and O–H groups in total. The Balaban J connectivity index is 2.15. The van der Waals surface area contributed by atoms with Crippen LogP contribution >= 0.6 is 0 Å². The molecule has 0 aliphatic heterocycles. The maximum Gasteiger partial charge on any atom is 0.261 e. The van der Waals surface area contributed by atoms with Gasteiger partial charge in [0, 0.05) is 12.6 Å². The lowest BCUT2D eigenvalue weighted by Crippen LogP contribution is -2.50. The minimum Gasteiger partial charge on any atom is -0.483 e. The summed E-state index contributed by atoms with van der Waals surface area (Å²) in [4.78, 5) is 27.3. The number of carbonyl (C=O) groups is 2. The average molecular weight is 397 g/mol. The summed E-state index contributed by atoms with van der Waals surface area (Å²) in [6.07, 6.45) is 0.834. The van der Waals surface area contributed by atoms with E-state index < -0.39 is 6.04 Å². The number of nitrogens with one attached hydrogen (secondary N) is 1. The Hall–Kier alpha value is -2.82. The summed E-state index contributed by atoms with van der Waals surface area (Å²) in [5, 5.41) is 2.97. The number of ether oxygens (including phenoxy) is 1. The van der Waals surface area contributed by atoms with Crippen molar-refractivity contribution in [1.82, 2.24) is 10.2 Å². The van der Waals surface area contributed by atoms with Crippen molar-refractivity contribution in [1.29, 1.82) is 0 Å². The first-order chi connectivity index (χ1) is 13.8. The van der Waals surface area contributed by atoms with Crippen LogP contribution < -0.4 is 10.1 Å². The lowest BCUT2D eigenvalue weighted by atomic mass is 10.1. The Morgan fingerprint density at radius 2 is 1.72 bits per heavy atom. The molecule has 2 rings (SSSR count). The van der Waals surface area contributed by atoms with E-state index in [1.165, 1.54) is 0 Å². The van der Waals surface area contributed by atoms with Crippen molar-refractivity contribution in [2.75, 3.05) is 6.61 Å². The third-order valence-electron chi connectivity index (χ3n) is 5.27. The van der Waals surface area contributed by atoms with Crippen molar-refractivity contribution in [3.8, 4) is 5.75 Å². The van der Waals surface area contributed by atoms with Gasteiger partial charge in [-0.2, -0.15) is 0 Å². The van der Waals surface area contributed by atoms with Crippen LogP contribution in [-0.4, -0.2) is 35.4 Å². The minimum atomic E-state index is -0.598. The van der Waals surface area contributed by atoms with Crippen LogP contribution in [0.1, 0.15) is 43.9 Å². The molecule has 0 saturated carbocycles. The third kappa shape index (κ3) is 6.34. The predicted octanol–water partition coefficient (Wildman–Crippen LogP) is 4.01. The van der Waals surface area contributed by atoms with Gasteiger partial charge < -0.3 is 15.0 Å². The second kappa shape index (κ2) is 10.6. The Bertz CT molecular complexity index is 820.